The van der Waals surface area contributed by atoms with Crippen LogP contribution in [0.25, 0.3) is 0 Å². The molecule has 0 saturated carbocycles. The Labute approximate surface area is 104 Å². The van der Waals surface area contributed by atoms with Crippen LogP contribution < -0.4 is 5.32 Å². The highest BCUT2D eigenvalue weighted by atomic mass is 32.2. The number of rotatable bonds is 6. The van der Waals surface area contributed by atoms with Crippen LogP contribution in [0.2, 0.25) is 0 Å². The van der Waals surface area contributed by atoms with Crippen molar-refractivity contribution in [1.82, 2.24) is 5.32 Å². The van der Waals surface area contributed by atoms with E-state index in [1.165, 1.54) is 11.3 Å². The SMILES string of the molecule is CSCC(C)(O)CNCc1ccc(C#N)s1. The van der Waals surface area contributed by atoms with Gasteiger partial charge in [0, 0.05) is 23.7 Å². The predicted molar refractivity (Wildman–Crippen MR) is 69.7 cm³/mol. The van der Waals surface area contributed by atoms with Crippen LogP contribution in [0.15, 0.2) is 12.1 Å². The summed E-state index contributed by atoms with van der Waals surface area (Å²) in [5.41, 5.74) is -0.672. The molecule has 0 aliphatic carbocycles. The van der Waals surface area contributed by atoms with E-state index >= 15 is 0 Å². The average Bonchev–Trinajstić information content (AvgIpc) is 2.65. The maximum atomic E-state index is 9.91. The topological polar surface area (TPSA) is 56.0 Å². The summed E-state index contributed by atoms with van der Waals surface area (Å²) in [6.07, 6.45) is 1.98. The zero-order valence-corrected chi connectivity index (χ0v) is 11.1. The van der Waals surface area contributed by atoms with Gasteiger partial charge in [0.15, 0.2) is 0 Å². The van der Waals surface area contributed by atoms with E-state index < -0.39 is 5.60 Å². The molecule has 1 atom stereocenters. The van der Waals surface area contributed by atoms with Crippen LogP contribution in [0.4, 0.5) is 0 Å². The smallest absolute Gasteiger partial charge is 0.110 e. The number of nitrogens with zero attached hydrogens (tertiary/aromatic N) is 1. The molecule has 88 valence electrons. The quantitative estimate of drug-likeness (QED) is 0.815. The Morgan fingerprint density at radius 1 is 1.62 bits per heavy atom. The standard InChI is InChI=1S/C11H16N2OS2/c1-11(14,8-15-2)7-13-6-10-4-3-9(5-12)16-10/h3-4,13-14H,6-8H2,1-2H3. The molecule has 1 heterocycles. The Morgan fingerprint density at radius 2 is 2.38 bits per heavy atom. The fraction of sp³-hybridized carbons (Fsp3) is 0.545. The number of hydrogen-bond acceptors (Lipinski definition) is 5. The predicted octanol–water partition coefficient (Wildman–Crippen LogP) is 1.82. The molecule has 0 amide bonds. The second-order valence-electron chi connectivity index (χ2n) is 3.91. The van der Waals surface area contributed by atoms with E-state index in [1.807, 2.05) is 25.3 Å². The van der Waals surface area contributed by atoms with E-state index in [2.05, 4.69) is 11.4 Å². The first-order chi connectivity index (χ1) is 7.57. The Hall–Kier alpha value is -0.540. The number of thioether (sulfide) groups is 1. The van der Waals surface area contributed by atoms with Crippen LogP contribution in [0.1, 0.15) is 16.7 Å². The van der Waals surface area contributed by atoms with Gasteiger partial charge in [-0.05, 0) is 25.3 Å². The first-order valence-electron chi connectivity index (χ1n) is 4.98. The van der Waals surface area contributed by atoms with Gasteiger partial charge >= 0.3 is 0 Å². The molecule has 3 nitrogen and oxygen atoms in total. The molecule has 0 saturated heterocycles. The van der Waals surface area contributed by atoms with Gasteiger partial charge in [-0.3, -0.25) is 0 Å². The highest BCUT2D eigenvalue weighted by Crippen LogP contribution is 2.15. The number of aliphatic hydroxyl groups is 1. The first-order valence-corrected chi connectivity index (χ1v) is 7.19. The van der Waals surface area contributed by atoms with Gasteiger partial charge in [0.25, 0.3) is 0 Å². The van der Waals surface area contributed by atoms with Gasteiger partial charge < -0.3 is 10.4 Å². The minimum Gasteiger partial charge on any atom is -0.388 e. The van der Waals surface area contributed by atoms with Crippen molar-refractivity contribution < 1.29 is 5.11 Å². The first kappa shape index (κ1) is 13.5. The van der Waals surface area contributed by atoms with Crippen molar-refractivity contribution in [2.24, 2.45) is 0 Å². The molecule has 0 spiro atoms. The van der Waals surface area contributed by atoms with Crippen LogP contribution in [0.3, 0.4) is 0 Å². The summed E-state index contributed by atoms with van der Waals surface area (Å²) >= 11 is 3.12. The number of nitrogens with one attached hydrogen (secondary N) is 1. The number of thiophene rings is 1. The molecule has 1 unspecified atom stereocenters. The van der Waals surface area contributed by atoms with Crippen molar-refractivity contribution in [1.29, 1.82) is 5.26 Å². The van der Waals surface area contributed by atoms with E-state index in [9.17, 15) is 5.11 Å². The average molecular weight is 256 g/mol. The zero-order chi connectivity index (χ0) is 12.0. The highest BCUT2D eigenvalue weighted by Gasteiger charge is 2.18. The summed E-state index contributed by atoms with van der Waals surface area (Å²) < 4.78 is 0. The third kappa shape index (κ3) is 4.54. The van der Waals surface area contributed by atoms with Crippen LogP contribution in [0.5, 0.6) is 0 Å². The van der Waals surface area contributed by atoms with Gasteiger partial charge in [-0.15, -0.1) is 11.3 Å². The number of nitriles is 1. The van der Waals surface area contributed by atoms with Gasteiger partial charge in [-0.1, -0.05) is 0 Å². The molecule has 1 rings (SSSR count). The van der Waals surface area contributed by atoms with Gasteiger partial charge in [0.2, 0.25) is 0 Å². The highest BCUT2D eigenvalue weighted by molar-refractivity contribution is 7.98. The van der Waals surface area contributed by atoms with E-state index in [0.29, 0.717) is 18.8 Å². The minimum absolute atomic E-state index is 0.563. The van der Waals surface area contributed by atoms with Crippen molar-refractivity contribution in [2.45, 2.75) is 19.1 Å². The van der Waals surface area contributed by atoms with E-state index in [-0.39, 0.29) is 0 Å². The molecule has 0 aliphatic heterocycles. The molecule has 16 heavy (non-hydrogen) atoms. The summed E-state index contributed by atoms with van der Waals surface area (Å²) in [6.45, 7) is 3.09. The molecule has 0 radical (unpaired) electrons. The normalized spacial score (nSPS) is 14.4. The monoisotopic (exact) mass is 256 g/mol. The molecular formula is C11H16N2OS2. The Morgan fingerprint density at radius 3 is 2.94 bits per heavy atom. The minimum atomic E-state index is -0.672. The lowest BCUT2D eigenvalue weighted by molar-refractivity contribution is 0.0846. The van der Waals surface area contributed by atoms with E-state index in [0.717, 1.165) is 9.75 Å². The largest absolute Gasteiger partial charge is 0.388 e. The fourth-order valence-corrected chi connectivity index (χ4v) is 2.85. The molecule has 0 aromatic carbocycles. The molecule has 1 aromatic heterocycles. The molecule has 0 fully saturated rings. The third-order valence-corrected chi connectivity index (χ3v) is 3.93. The molecule has 0 bridgehead atoms. The molecule has 2 N–H and O–H groups in total. The lowest BCUT2D eigenvalue weighted by Crippen LogP contribution is -2.39. The summed E-state index contributed by atoms with van der Waals surface area (Å²) in [7, 11) is 0. The van der Waals surface area contributed by atoms with E-state index in [4.69, 9.17) is 5.26 Å². The maximum Gasteiger partial charge on any atom is 0.110 e. The third-order valence-electron chi connectivity index (χ3n) is 2.03. The Balaban J connectivity index is 2.33. The second-order valence-corrected chi connectivity index (χ2v) is 5.95. The Kier molecular flexibility index (Phi) is 5.29. The van der Waals surface area contributed by atoms with Gasteiger partial charge in [0.05, 0.1) is 5.60 Å². The van der Waals surface area contributed by atoms with Crippen LogP contribution in [-0.4, -0.2) is 29.3 Å². The lowest BCUT2D eigenvalue weighted by atomic mass is 10.1. The maximum absolute atomic E-state index is 9.91. The van der Waals surface area contributed by atoms with Crippen molar-refractivity contribution >= 4 is 23.1 Å². The molecular weight excluding hydrogens is 240 g/mol. The van der Waals surface area contributed by atoms with Crippen molar-refractivity contribution in [3.05, 3.63) is 21.9 Å². The second kappa shape index (κ2) is 6.26. The van der Waals surface area contributed by atoms with Gasteiger partial charge in [0.1, 0.15) is 10.9 Å². The van der Waals surface area contributed by atoms with Crippen molar-refractivity contribution in [3.63, 3.8) is 0 Å². The lowest BCUT2D eigenvalue weighted by Gasteiger charge is -2.22. The zero-order valence-electron chi connectivity index (χ0n) is 9.49. The van der Waals surface area contributed by atoms with Crippen molar-refractivity contribution in [3.8, 4) is 6.07 Å². The molecule has 5 heteroatoms. The van der Waals surface area contributed by atoms with Crippen molar-refractivity contribution in [2.75, 3.05) is 18.6 Å². The summed E-state index contributed by atoms with van der Waals surface area (Å²) in [6, 6.07) is 5.88. The van der Waals surface area contributed by atoms with Crippen LogP contribution in [0, 0.1) is 11.3 Å². The Bertz CT molecular complexity index is 368. The summed E-state index contributed by atoms with van der Waals surface area (Å²) in [4.78, 5) is 1.85. The molecule has 0 aliphatic rings. The fourth-order valence-electron chi connectivity index (χ4n) is 1.35. The summed E-state index contributed by atoms with van der Waals surface area (Å²) in [5.74, 6) is 0.716. The summed E-state index contributed by atoms with van der Waals surface area (Å²) in [5, 5.41) is 21.8. The van der Waals surface area contributed by atoms with Gasteiger partial charge in [-0.25, -0.2) is 0 Å². The van der Waals surface area contributed by atoms with Gasteiger partial charge in [-0.2, -0.15) is 17.0 Å². The molecule has 1 aromatic rings. The number of hydrogen-bond donors (Lipinski definition) is 2. The van der Waals surface area contributed by atoms with Crippen LogP contribution in [-0.2, 0) is 6.54 Å². The van der Waals surface area contributed by atoms with E-state index in [1.54, 1.807) is 11.8 Å². The van der Waals surface area contributed by atoms with Crippen LogP contribution >= 0.6 is 23.1 Å².